The van der Waals surface area contributed by atoms with E-state index in [4.69, 9.17) is 20.9 Å². The molecule has 1 saturated heterocycles. The first kappa shape index (κ1) is 13.8. The molecule has 0 aromatic carbocycles. The van der Waals surface area contributed by atoms with Gasteiger partial charge in [0.05, 0.1) is 21.7 Å². The third kappa shape index (κ3) is 2.01. The van der Waals surface area contributed by atoms with Crippen molar-refractivity contribution in [1.29, 1.82) is 0 Å². The Morgan fingerprint density at radius 2 is 1.75 bits per heavy atom. The van der Waals surface area contributed by atoms with Gasteiger partial charge in [0.25, 0.3) is 0 Å². The fourth-order valence-electron chi connectivity index (χ4n) is 2.15. The molecule has 104 valence electrons. The van der Waals surface area contributed by atoms with Crippen LogP contribution in [-0.4, -0.2) is 28.3 Å². The van der Waals surface area contributed by atoms with Crippen molar-refractivity contribution in [1.82, 2.24) is 9.97 Å². The molecule has 20 heavy (non-hydrogen) atoms. The van der Waals surface area contributed by atoms with Crippen molar-refractivity contribution in [2.75, 3.05) is 0 Å². The molecular weight excluding hydrogens is 274 g/mol. The highest BCUT2D eigenvalue weighted by Crippen LogP contribution is 2.37. The molecule has 0 N–H and O–H groups in total. The smallest absolute Gasteiger partial charge is 0.399 e. The molecule has 1 aliphatic rings. The van der Waals surface area contributed by atoms with Crippen molar-refractivity contribution in [2.24, 2.45) is 0 Å². The van der Waals surface area contributed by atoms with E-state index in [1.165, 1.54) is 0 Å². The van der Waals surface area contributed by atoms with Crippen LogP contribution in [0.4, 0.5) is 0 Å². The summed E-state index contributed by atoms with van der Waals surface area (Å²) in [7, 11) is -0.510. The van der Waals surface area contributed by atoms with E-state index in [-0.39, 0.29) is 0 Å². The summed E-state index contributed by atoms with van der Waals surface area (Å²) in [6, 6.07) is 1.83. The van der Waals surface area contributed by atoms with Gasteiger partial charge >= 0.3 is 7.12 Å². The molecule has 3 heterocycles. The number of halogens is 1. The molecule has 0 bridgehead atoms. The summed E-state index contributed by atoms with van der Waals surface area (Å²) in [5, 5.41) is 1.39. The molecule has 2 aromatic heterocycles. The predicted octanol–water partition coefficient (Wildman–Crippen LogP) is 2.58. The van der Waals surface area contributed by atoms with Gasteiger partial charge in [-0.15, -0.1) is 0 Å². The van der Waals surface area contributed by atoms with Gasteiger partial charge in [-0.05, 0) is 33.8 Å². The standard InChI is InChI=1S/C14H16BClN2O2/c1-13(2)14(3,4)20-15(19-13)10-8-18-11-5-6-17-7-9(11)12(10)16/h5-8H,1-4H3. The minimum Gasteiger partial charge on any atom is -0.399 e. The zero-order chi connectivity index (χ0) is 14.5. The quantitative estimate of drug-likeness (QED) is 0.757. The summed E-state index contributed by atoms with van der Waals surface area (Å²) in [5.74, 6) is 0. The van der Waals surface area contributed by atoms with E-state index in [9.17, 15) is 0 Å². The first-order valence-corrected chi connectivity index (χ1v) is 6.93. The van der Waals surface area contributed by atoms with Crippen molar-refractivity contribution in [3.05, 3.63) is 29.7 Å². The van der Waals surface area contributed by atoms with Crippen LogP contribution in [0, 0.1) is 0 Å². The molecule has 0 radical (unpaired) electrons. The average Bonchev–Trinajstić information content (AvgIpc) is 2.59. The van der Waals surface area contributed by atoms with Crippen molar-refractivity contribution < 1.29 is 9.31 Å². The summed E-state index contributed by atoms with van der Waals surface area (Å²) in [4.78, 5) is 8.49. The van der Waals surface area contributed by atoms with Crippen molar-refractivity contribution in [3.8, 4) is 0 Å². The highest BCUT2D eigenvalue weighted by Gasteiger charge is 2.52. The zero-order valence-electron chi connectivity index (χ0n) is 12.0. The van der Waals surface area contributed by atoms with E-state index in [2.05, 4.69) is 9.97 Å². The van der Waals surface area contributed by atoms with Gasteiger partial charge < -0.3 is 9.31 Å². The molecule has 0 unspecified atom stereocenters. The molecule has 1 aliphatic heterocycles. The lowest BCUT2D eigenvalue weighted by molar-refractivity contribution is 0.00578. The minimum absolute atomic E-state index is 0.398. The van der Waals surface area contributed by atoms with Crippen LogP contribution in [0.2, 0.25) is 5.02 Å². The summed E-state index contributed by atoms with van der Waals surface area (Å²) < 4.78 is 12.0. The van der Waals surface area contributed by atoms with Gasteiger partial charge in [0.1, 0.15) is 0 Å². The van der Waals surface area contributed by atoms with Gasteiger partial charge in [-0.25, -0.2) is 0 Å². The average molecular weight is 291 g/mol. The fraction of sp³-hybridized carbons (Fsp3) is 0.429. The topological polar surface area (TPSA) is 44.2 Å². The van der Waals surface area contributed by atoms with Crippen molar-refractivity contribution in [3.63, 3.8) is 0 Å². The molecule has 0 amide bonds. The number of hydrogen-bond acceptors (Lipinski definition) is 4. The number of hydrogen-bond donors (Lipinski definition) is 0. The molecule has 0 saturated carbocycles. The molecule has 0 atom stereocenters. The van der Waals surface area contributed by atoms with Gasteiger partial charge in [0, 0.05) is 29.4 Å². The number of aromatic nitrogens is 2. The van der Waals surface area contributed by atoms with Crippen LogP contribution in [0.5, 0.6) is 0 Å². The maximum atomic E-state index is 6.47. The number of fused-ring (bicyclic) bond motifs is 1. The lowest BCUT2D eigenvalue weighted by Gasteiger charge is -2.32. The van der Waals surface area contributed by atoms with Gasteiger partial charge in [-0.1, -0.05) is 11.6 Å². The van der Waals surface area contributed by atoms with Crippen LogP contribution in [0.15, 0.2) is 24.7 Å². The van der Waals surface area contributed by atoms with E-state index in [0.29, 0.717) is 5.02 Å². The molecule has 6 heteroatoms. The van der Waals surface area contributed by atoms with Gasteiger partial charge in [-0.2, -0.15) is 0 Å². The lowest BCUT2D eigenvalue weighted by Crippen LogP contribution is -2.41. The second kappa shape index (κ2) is 4.42. The monoisotopic (exact) mass is 290 g/mol. The first-order chi connectivity index (χ1) is 9.32. The van der Waals surface area contributed by atoms with E-state index in [1.54, 1.807) is 18.6 Å². The predicted molar refractivity (Wildman–Crippen MR) is 80.3 cm³/mol. The number of rotatable bonds is 1. The Balaban J connectivity index is 2.06. The first-order valence-electron chi connectivity index (χ1n) is 6.55. The van der Waals surface area contributed by atoms with Crippen molar-refractivity contribution in [2.45, 2.75) is 38.9 Å². The van der Waals surface area contributed by atoms with Gasteiger partial charge in [0.2, 0.25) is 0 Å². The fourth-order valence-corrected chi connectivity index (χ4v) is 2.44. The second-order valence-corrected chi connectivity index (χ2v) is 6.39. The third-order valence-electron chi connectivity index (χ3n) is 4.14. The molecule has 2 aromatic rings. The van der Waals surface area contributed by atoms with Crippen molar-refractivity contribution >= 4 is 35.1 Å². The van der Waals surface area contributed by atoms with Crippen LogP contribution in [0.25, 0.3) is 10.9 Å². The van der Waals surface area contributed by atoms with E-state index in [1.807, 2.05) is 33.8 Å². The van der Waals surface area contributed by atoms with Gasteiger partial charge in [-0.3, -0.25) is 9.97 Å². The maximum Gasteiger partial charge on any atom is 0.497 e. The normalized spacial score (nSPS) is 20.6. The molecule has 3 rings (SSSR count). The van der Waals surface area contributed by atoms with Crippen LogP contribution in [0.1, 0.15) is 27.7 Å². The van der Waals surface area contributed by atoms with Gasteiger partial charge in [0.15, 0.2) is 0 Å². The Labute approximate surface area is 123 Å². The minimum atomic E-state index is -0.510. The van der Waals surface area contributed by atoms with E-state index >= 15 is 0 Å². The Hall–Kier alpha value is -1.17. The number of nitrogens with zero attached hydrogens (tertiary/aromatic N) is 2. The van der Waals surface area contributed by atoms with Crippen LogP contribution >= 0.6 is 11.6 Å². The van der Waals surface area contributed by atoms with Crippen LogP contribution in [-0.2, 0) is 9.31 Å². The Bertz CT molecular complexity index is 659. The second-order valence-electron chi connectivity index (χ2n) is 6.01. The molecular formula is C14H16BClN2O2. The molecule has 0 aliphatic carbocycles. The Morgan fingerprint density at radius 3 is 2.40 bits per heavy atom. The summed E-state index contributed by atoms with van der Waals surface area (Å²) >= 11 is 6.47. The molecule has 4 nitrogen and oxygen atoms in total. The summed E-state index contributed by atoms with van der Waals surface area (Å²) in [6.45, 7) is 8.04. The zero-order valence-corrected chi connectivity index (χ0v) is 12.7. The molecule has 1 fully saturated rings. The third-order valence-corrected chi connectivity index (χ3v) is 4.56. The Morgan fingerprint density at radius 1 is 1.10 bits per heavy atom. The number of pyridine rings is 2. The largest absolute Gasteiger partial charge is 0.497 e. The maximum absolute atomic E-state index is 6.47. The van der Waals surface area contributed by atoms with Crippen LogP contribution < -0.4 is 5.46 Å². The Kier molecular flexibility index (Phi) is 3.05. The highest BCUT2D eigenvalue weighted by molar-refractivity contribution is 6.66. The molecule has 0 spiro atoms. The lowest BCUT2D eigenvalue weighted by atomic mass is 9.79. The van der Waals surface area contributed by atoms with Crippen LogP contribution in [0.3, 0.4) is 0 Å². The summed E-state index contributed by atoms with van der Waals surface area (Å²) in [5.41, 5.74) is 0.756. The van der Waals surface area contributed by atoms with E-state index in [0.717, 1.165) is 16.4 Å². The SMILES string of the molecule is CC1(C)OB(c2cnc3ccncc3c2Cl)OC1(C)C. The highest BCUT2D eigenvalue weighted by atomic mass is 35.5. The summed E-state index contributed by atoms with van der Waals surface area (Å²) in [6.07, 6.45) is 5.12. The van der Waals surface area contributed by atoms with E-state index < -0.39 is 18.3 Å².